The summed E-state index contributed by atoms with van der Waals surface area (Å²) < 4.78 is 18.1. The smallest absolute Gasteiger partial charge is 0.260 e. The summed E-state index contributed by atoms with van der Waals surface area (Å²) in [5, 5.41) is 0. The Kier molecular flexibility index (Phi) is 4.27. The van der Waals surface area contributed by atoms with Gasteiger partial charge in [-0.1, -0.05) is 24.3 Å². The van der Waals surface area contributed by atoms with E-state index in [2.05, 4.69) is 0 Å². The molecule has 1 spiro atoms. The molecule has 3 heterocycles. The van der Waals surface area contributed by atoms with Gasteiger partial charge in [0.15, 0.2) is 23.9 Å². The third-order valence-electron chi connectivity index (χ3n) is 6.07. The lowest BCUT2D eigenvalue weighted by atomic mass is 9.89. The van der Waals surface area contributed by atoms with Gasteiger partial charge in [0.05, 0.1) is 18.5 Å². The molecule has 2 aromatic carbocycles. The second kappa shape index (κ2) is 6.76. The summed E-state index contributed by atoms with van der Waals surface area (Å²) >= 11 is 0. The first kappa shape index (κ1) is 19.0. The molecule has 0 saturated carbocycles. The van der Waals surface area contributed by atoms with Gasteiger partial charge in [0.25, 0.3) is 5.91 Å². The molecule has 3 aliphatic rings. The maximum atomic E-state index is 12.8. The van der Waals surface area contributed by atoms with Crippen molar-refractivity contribution in [3.63, 3.8) is 0 Å². The number of rotatable bonds is 3. The van der Waals surface area contributed by atoms with Gasteiger partial charge in [0.2, 0.25) is 0 Å². The van der Waals surface area contributed by atoms with Crippen molar-refractivity contribution in [2.24, 2.45) is 0 Å². The van der Waals surface area contributed by atoms with Gasteiger partial charge in [-0.2, -0.15) is 0 Å². The third kappa shape index (κ3) is 3.30. The summed E-state index contributed by atoms with van der Waals surface area (Å²) in [6.45, 7) is 4.95. The first-order valence-electron chi connectivity index (χ1n) is 10.4. The van der Waals surface area contributed by atoms with Gasteiger partial charge in [-0.05, 0) is 32.0 Å². The van der Waals surface area contributed by atoms with Crippen molar-refractivity contribution in [1.29, 1.82) is 0 Å². The van der Waals surface area contributed by atoms with Crippen LogP contribution in [0.2, 0.25) is 0 Å². The van der Waals surface area contributed by atoms with Crippen molar-refractivity contribution in [2.45, 2.75) is 44.3 Å². The molecule has 0 aliphatic carbocycles. The monoisotopic (exact) mass is 407 g/mol. The molecule has 0 N–H and O–H groups in total. The van der Waals surface area contributed by atoms with Crippen LogP contribution in [0.4, 0.5) is 0 Å². The SMILES string of the molecule is CC1(C)Cc2cccc(OCC(=O)N3CCC4(CC(=O)c5ccccc5O4)C3)c2O1. The molecule has 1 unspecified atom stereocenters. The van der Waals surface area contributed by atoms with E-state index in [0.29, 0.717) is 43.0 Å². The van der Waals surface area contributed by atoms with Gasteiger partial charge in [0.1, 0.15) is 17.0 Å². The highest BCUT2D eigenvalue weighted by Crippen LogP contribution is 2.42. The van der Waals surface area contributed by atoms with E-state index in [-0.39, 0.29) is 23.9 Å². The lowest BCUT2D eigenvalue weighted by Gasteiger charge is -2.34. The van der Waals surface area contributed by atoms with Gasteiger partial charge in [-0.3, -0.25) is 9.59 Å². The highest BCUT2D eigenvalue weighted by molar-refractivity contribution is 6.00. The van der Waals surface area contributed by atoms with Crippen LogP contribution in [0.1, 0.15) is 42.6 Å². The van der Waals surface area contributed by atoms with Crippen LogP contribution in [0, 0.1) is 0 Å². The molecule has 30 heavy (non-hydrogen) atoms. The topological polar surface area (TPSA) is 65.1 Å². The molecule has 0 radical (unpaired) electrons. The Hall–Kier alpha value is -3.02. The number of Topliss-reactive ketones (excluding diaryl/α,β-unsaturated/α-hetero) is 1. The molecule has 1 amide bonds. The standard InChI is InChI=1S/C24H25NO5/c1-23(2)12-16-6-5-9-20(22(16)30-23)28-14-21(27)25-11-10-24(15-25)13-18(26)17-7-3-4-8-19(17)29-24/h3-9H,10-15H2,1-2H3. The summed E-state index contributed by atoms with van der Waals surface area (Å²) in [6, 6.07) is 13.1. The molecular weight excluding hydrogens is 382 g/mol. The van der Waals surface area contributed by atoms with E-state index < -0.39 is 5.60 Å². The Morgan fingerprint density at radius 1 is 1.10 bits per heavy atom. The number of benzene rings is 2. The second-order valence-electron chi connectivity index (χ2n) is 9.02. The van der Waals surface area contributed by atoms with Crippen LogP contribution in [0.15, 0.2) is 42.5 Å². The Morgan fingerprint density at radius 3 is 2.80 bits per heavy atom. The third-order valence-corrected chi connectivity index (χ3v) is 6.07. The molecule has 2 aromatic rings. The number of nitrogens with zero attached hydrogens (tertiary/aromatic N) is 1. The molecule has 5 rings (SSSR count). The lowest BCUT2D eigenvalue weighted by molar-refractivity contribution is -0.133. The van der Waals surface area contributed by atoms with Crippen LogP contribution in [-0.4, -0.2) is 47.5 Å². The Labute approximate surface area is 175 Å². The number of fused-ring (bicyclic) bond motifs is 2. The van der Waals surface area contributed by atoms with Crippen LogP contribution >= 0.6 is 0 Å². The van der Waals surface area contributed by atoms with E-state index in [1.807, 2.05) is 50.2 Å². The number of ketones is 1. The minimum absolute atomic E-state index is 0.0686. The minimum atomic E-state index is -0.637. The summed E-state index contributed by atoms with van der Waals surface area (Å²) in [5.74, 6) is 1.89. The lowest BCUT2D eigenvalue weighted by Crippen LogP contribution is -2.45. The Bertz CT molecular complexity index is 1030. The van der Waals surface area contributed by atoms with E-state index >= 15 is 0 Å². The maximum Gasteiger partial charge on any atom is 0.260 e. The summed E-state index contributed by atoms with van der Waals surface area (Å²) in [7, 11) is 0. The zero-order valence-corrected chi connectivity index (χ0v) is 17.3. The highest BCUT2D eigenvalue weighted by Gasteiger charge is 2.47. The zero-order valence-electron chi connectivity index (χ0n) is 17.3. The number of para-hydroxylation sites is 2. The number of likely N-dealkylation sites (tertiary alicyclic amines) is 1. The van der Waals surface area contributed by atoms with Crippen molar-refractivity contribution in [3.05, 3.63) is 53.6 Å². The average Bonchev–Trinajstić information content (AvgIpc) is 3.25. The first-order chi connectivity index (χ1) is 14.3. The largest absolute Gasteiger partial charge is 0.484 e. The van der Waals surface area contributed by atoms with Gasteiger partial charge in [-0.15, -0.1) is 0 Å². The Morgan fingerprint density at radius 2 is 1.93 bits per heavy atom. The number of hydrogen-bond donors (Lipinski definition) is 0. The number of amides is 1. The number of ether oxygens (including phenoxy) is 3. The predicted octanol–water partition coefficient (Wildman–Crippen LogP) is 3.42. The molecule has 156 valence electrons. The quantitative estimate of drug-likeness (QED) is 0.780. The molecule has 1 atom stereocenters. The van der Waals surface area contributed by atoms with Crippen molar-refractivity contribution < 1.29 is 23.8 Å². The molecule has 1 saturated heterocycles. The molecule has 1 fully saturated rings. The van der Waals surface area contributed by atoms with E-state index in [9.17, 15) is 9.59 Å². The normalized spacial score (nSPS) is 23.5. The fourth-order valence-electron chi connectivity index (χ4n) is 4.66. The summed E-state index contributed by atoms with van der Waals surface area (Å²) in [4.78, 5) is 27.1. The van der Waals surface area contributed by atoms with Gasteiger partial charge < -0.3 is 19.1 Å². The van der Waals surface area contributed by atoms with Crippen molar-refractivity contribution in [3.8, 4) is 17.2 Å². The molecule has 3 aliphatic heterocycles. The van der Waals surface area contributed by atoms with Gasteiger partial charge >= 0.3 is 0 Å². The Balaban J connectivity index is 1.25. The van der Waals surface area contributed by atoms with E-state index in [1.165, 1.54) is 0 Å². The molecule has 0 bridgehead atoms. The molecular formula is C24H25NO5. The van der Waals surface area contributed by atoms with Crippen LogP contribution in [0.25, 0.3) is 0 Å². The van der Waals surface area contributed by atoms with Crippen molar-refractivity contribution in [2.75, 3.05) is 19.7 Å². The van der Waals surface area contributed by atoms with Gasteiger partial charge in [-0.25, -0.2) is 0 Å². The fourth-order valence-corrected chi connectivity index (χ4v) is 4.66. The van der Waals surface area contributed by atoms with Crippen molar-refractivity contribution in [1.82, 2.24) is 4.90 Å². The van der Waals surface area contributed by atoms with Crippen LogP contribution in [0.3, 0.4) is 0 Å². The number of carbonyl (C=O) groups is 2. The fraction of sp³-hybridized carbons (Fsp3) is 0.417. The van der Waals surface area contributed by atoms with E-state index in [0.717, 1.165) is 17.7 Å². The highest BCUT2D eigenvalue weighted by atomic mass is 16.5. The number of hydrogen-bond acceptors (Lipinski definition) is 5. The van der Waals surface area contributed by atoms with Crippen LogP contribution in [-0.2, 0) is 11.2 Å². The number of carbonyl (C=O) groups excluding carboxylic acids is 2. The minimum Gasteiger partial charge on any atom is -0.484 e. The van der Waals surface area contributed by atoms with E-state index in [4.69, 9.17) is 14.2 Å². The molecule has 6 heteroatoms. The first-order valence-corrected chi connectivity index (χ1v) is 10.4. The van der Waals surface area contributed by atoms with Crippen molar-refractivity contribution >= 4 is 11.7 Å². The molecule has 0 aromatic heterocycles. The predicted molar refractivity (Wildman–Crippen MR) is 110 cm³/mol. The second-order valence-corrected chi connectivity index (χ2v) is 9.02. The van der Waals surface area contributed by atoms with Gasteiger partial charge in [0, 0.05) is 24.9 Å². The zero-order chi connectivity index (χ0) is 20.9. The van der Waals surface area contributed by atoms with E-state index in [1.54, 1.807) is 11.0 Å². The summed E-state index contributed by atoms with van der Waals surface area (Å²) in [5.41, 5.74) is 0.811. The average molecular weight is 407 g/mol. The van der Waals surface area contributed by atoms with Crippen LogP contribution < -0.4 is 14.2 Å². The molecule has 6 nitrogen and oxygen atoms in total. The van der Waals surface area contributed by atoms with Crippen LogP contribution in [0.5, 0.6) is 17.2 Å². The summed E-state index contributed by atoms with van der Waals surface area (Å²) in [6.07, 6.45) is 1.75. The maximum absolute atomic E-state index is 12.8.